The first-order valence-electron chi connectivity index (χ1n) is 8.52. The summed E-state index contributed by atoms with van der Waals surface area (Å²) in [6.07, 6.45) is 5.21. The number of rotatable bonds is 6. The molecule has 1 aliphatic rings. The van der Waals surface area contributed by atoms with E-state index in [1.165, 1.54) is 30.7 Å². The summed E-state index contributed by atoms with van der Waals surface area (Å²) in [6.45, 7) is 6.52. The lowest BCUT2D eigenvalue weighted by atomic mass is 9.78. The van der Waals surface area contributed by atoms with Crippen molar-refractivity contribution >= 4 is 17.7 Å². The van der Waals surface area contributed by atoms with Gasteiger partial charge in [-0.3, -0.25) is 9.59 Å². The highest BCUT2D eigenvalue weighted by molar-refractivity contribution is 7.99. The van der Waals surface area contributed by atoms with Crippen LogP contribution in [0.25, 0.3) is 0 Å². The molecular formula is C17H27N3O2S. The topological polar surface area (TPSA) is 74.8 Å². The van der Waals surface area contributed by atoms with E-state index in [9.17, 15) is 9.59 Å². The normalized spacial score (nSPS) is 24.4. The van der Waals surface area contributed by atoms with Crippen molar-refractivity contribution in [3.8, 4) is 0 Å². The Morgan fingerprint density at radius 1 is 1.43 bits per heavy atom. The molecule has 3 atom stereocenters. The van der Waals surface area contributed by atoms with Crippen LogP contribution in [0.5, 0.6) is 0 Å². The summed E-state index contributed by atoms with van der Waals surface area (Å²) in [7, 11) is 0. The maximum absolute atomic E-state index is 12.2. The Balaban J connectivity index is 1.88. The van der Waals surface area contributed by atoms with Gasteiger partial charge in [-0.15, -0.1) is 0 Å². The number of hydrogen-bond donors (Lipinski definition) is 2. The molecule has 1 heterocycles. The molecule has 0 aliphatic heterocycles. The Hall–Kier alpha value is -1.30. The fourth-order valence-corrected chi connectivity index (χ4v) is 3.81. The molecule has 1 aromatic heterocycles. The van der Waals surface area contributed by atoms with Crippen molar-refractivity contribution in [1.82, 2.24) is 15.3 Å². The van der Waals surface area contributed by atoms with Crippen LogP contribution in [0.3, 0.4) is 0 Å². The van der Waals surface area contributed by atoms with Crippen LogP contribution in [0.4, 0.5) is 0 Å². The number of nitrogens with one attached hydrogen (secondary N) is 2. The maximum atomic E-state index is 12.2. The molecule has 2 N–H and O–H groups in total. The van der Waals surface area contributed by atoms with Gasteiger partial charge in [0.1, 0.15) is 0 Å². The molecule has 0 spiro atoms. The predicted molar refractivity (Wildman–Crippen MR) is 93.7 cm³/mol. The Morgan fingerprint density at radius 3 is 2.96 bits per heavy atom. The summed E-state index contributed by atoms with van der Waals surface area (Å²) in [5.41, 5.74) is 0.634. The van der Waals surface area contributed by atoms with Crippen molar-refractivity contribution in [2.75, 3.05) is 5.75 Å². The van der Waals surface area contributed by atoms with E-state index in [1.54, 1.807) is 0 Å². The van der Waals surface area contributed by atoms with Gasteiger partial charge in [-0.25, -0.2) is 4.98 Å². The lowest BCUT2D eigenvalue weighted by Gasteiger charge is -2.34. The van der Waals surface area contributed by atoms with Crippen LogP contribution >= 0.6 is 11.8 Å². The van der Waals surface area contributed by atoms with Gasteiger partial charge in [0.15, 0.2) is 5.16 Å². The van der Waals surface area contributed by atoms with Gasteiger partial charge >= 0.3 is 0 Å². The first kappa shape index (κ1) is 18.0. The van der Waals surface area contributed by atoms with Crippen molar-refractivity contribution < 1.29 is 4.79 Å². The van der Waals surface area contributed by atoms with Gasteiger partial charge in [0.25, 0.3) is 5.56 Å². The number of amides is 1. The van der Waals surface area contributed by atoms with Gasteiger partial charge in [0.2, 0.25) is 5.91 Å². The maximum Gasteiger partial charge on any atom is 0.251 e. The van der Waals surface area contributed by atoms with Crippen LogP contribution in [0.2, 0.25) is 0 Å². The Kier molecular flexibility index (Phi) is 6.69. The zero-order valence-corrected chi connectivity index (χ0v) is 15.0. The molecular weight excluding hydrogens is 310 g/mol. The molecule has 5 nitrogen and oxygen atoms in total. The summed E-state index contributed by atoms with van der Waals surface area (Å²) in [4.78, 5) is 30.9. The molecule has 2 rings (SSSR count). The quantitative estimate of drug-likeness (QED) is 0.618. The Bertz CT molecular complexity index is 587. The number of carbonyl (C=O) groups excluding carboxylic acids is 1. The molecule has 1 aromatic rings. The second-order valence-corrected chi connectivity index (χ2v) is 7.49. The monoisotopic (exact) mass is 337 g/mol. The van der Waals surface area contributed by atoms with E-state index in [1.807, 2.05) is 0 Å². The van der Waals surface area contributed by atoms with Crippen LogP contribution in [0, 0.1) is 11.8 Å². The summed E-state index contributed by atoms with van der Waals surface area (Å²) in [5.74, 6) is 1.48. The number of aromatic nitrogens is 2. The van der Waals surface area contributed by atoms with E-state index in [0.29, 0.717) is 17.0 Å². The molecule has 23 heavy (non-hydrogen) atoms. The third-order valence-corrected chi connectivity index (χ3v) is 5.55. The summed E-state index contributed by atoms with van der Waals surface area (Å²) in [5, 5.41) is 3.67. The highest BCUT2D eigenvalue weighted by atomic mass is 32.2. The zero-order valence-electron chi connectivity index (χ0n) is 14.2. The number of thioether (sulfide) groups is 1. The molecule has 1 amide bonds. The number of hydrogen-bond acceptors (Lipinski definition) is 4. The van der Waals surface area contributed by atoms with Crippen molar-refractivity contribution in [2.24, 2.45) is 11.8 Å². The number of H-pyrrole nitrogens is 1. The van der Waals surface area contributed by atoms with E-state index in [2.05, 4.69) is 36.1 Å². The van der Waals surface area contributed by atoms with Gasteiger partial charge in [0.05, 0.1) is 5.75 Å². The van der Waals surface area contributed by atoms with E-state index in [0.717, 1.165) is 25.0 Å². The predicted octanol–water partition coefficient (Wildman–Crippen LogP) is 2.76. The van der Waals surface area contributed by atoms with Crippen LogP contribution in [-0.2, 0) is 11.2 Å². The minimum atomic E-state index is -0.152. The van der Waals surface area contributed by atoms with Crippen LogP contribution in [0.15, 0.2) is 16.0 Å². The van der Waals surface area contributed by atoms with Gasteiger partial charge < -0.3 is 10.3 Å². The van der Waals surface area contributed by atoms with Crippen LogP contribution in [0.1, 0.15) is 52.1 Å². The Morgan fingerprint density at radius 2 is 2.22 bits per heavy atom. The first-order chi connectivity index (χ1) is 11.0. The molecule has 6 heteroatoms. The average Bonchev–Trinajstić information content (AvgIpc) is 2.50. The zero-order chi connectivity index (χ0) is 16.8. The average molecular weight is 337 g/mol. The van der Waals surface area contributed by atoms with Crippen LogP contribution in [-0.4, -0.2) is 27.7 Å². The fourth-order valence-electron chi connectivity index (χ4n) is 3.10. The molecule has 0 bridgehead atoms. The van der Waals surface area contributed by atoms with E-state index in [-0.39, 0.29) is 23.3 Å². The highest BCUT2D eigenvalue weighted by Crippen LogP contribution is 2.29. The third kappa shape index (κ3) is 5.37. The summed E-state index contributed by atoms with van der Waals surface area (Å²) >= 11 is 1.29. The fraction of sp³-hybridized carbons (Fsp3) is 0.706. The van der Waals surface area contributed by atoms with Gasteiger partial charge in [-0.1, -0.05) is 51.8 Å². The second kappa shape index (κ2) is 8.52. The highest BCUT2D eigenvalue weighted by Gasteiger charge is 2.28. The molecule has 1 aliphatic carbocycles. The molecule has 1 saturated carbocycles. The smallest absolute Gasteiger partial charge is 0.251 e. The summed E-state index contributed by atoms with van der Waals surface area (Å²) in [6, 6.07) is 1.80. The minimum Gasteiger partial charge on any atom is -0.352 e. The number of aryl methyl sites for hydroxylation is 1. The summed E-state index contributed by atoms with van der Waals surface area (Å²) < 4.78 is 0. The number of nitrogens with zero attached hydrogens (tertiary/aromatic N) is 1. The number of carbonyl (C=O) groups is 1. The standard InChI is InChI=1S/C17H27N3O2S/c1-4-6-13-9-15(21)20-17(18-13)23-10-16(22)19-14-8-5-7-11(2)12(14)3/h9,11-12,14H,4-8,10H2,1-3H3,(H,19,22)(H,18,20,21)/t11-,12-,14-/m0/s1. The molecule has 0 radical (unpaired) electrons. The van der Waals surface area contributed by atoms with Crippen molar-refractivity contribution in [3.63, 3.8) is 0 Å². The second-order valence-electron chi connectivity index (χ2n) is 6.52. The molecule has 0 unspecified atom stereocenters. The van der Waals surface area contributed by atoms with Crippen molar-refractivity contribution in [3.05, 3.63) is 22.1 Å². The van der Waals surface area contributed by atoms with E-state index < -0.39 is 0 Å². The van der Waals surface area contributed by atoms with Crippen molar-refractivity contribution in [1.29, 1.82) is 0 Å². The SMILES string of the molecule is CCCc1cc(=O)[nH]c(SCC(=O)N[C@H]2CCC[C@H](C)[C@@H]2C)n1. The van der Waals surface area contributed by atoms with Gasteiger partial charge in [-0.05, 0) is 24.7 Å². The van der Waals surface area contributed by atoms with Gasteiger partial charge in [-0.2, -0.15) is 0 Å². The molecule has 128 valence electrons. The lowest BCUT2D eigenvalue weighted by Crippen LogP contribution is -2.44. The van der Waals surface area contributed by atoms with E-state index >= 15 is 0 Å². The van der Waals surface area contributed by atoms with E-state index in [4.69, 9.17) is 0 Å². The number of aromatic amines is 1. The van der Waals surface area contributed by atoms with Crippen LogP contribution < -0.4 is 10.9 Å². The largest absolute Gasteiger partial charge is 0.352 e. The minimum absolute atomic E-state index is 0.0180. The third-order valence-electron chi connectivity index (χ3n) is 4.67. The molecule has 0 saturated heterocycles. The van der Waals surface area contributed by atoms with Gasteiger partial charge in [0, 0.05) is 17.8 Å². The van der Waals surface area contributed by atoms with Crippen molar-refractivity contribution in [2.45, 2.75) is 64.1 Å². The molecule has 0 aromatic carbocycles. The Labute approximate surface area is 142 Å². The lowest BCUT2D eigenvalue weighted by molar-refractivity contribution is -0.120. The molecule has 1 fully saturated rings. The first-order valence-corrected chi connectivity index (χ1v) is 9.50.